The first kappa shape index (κ1) is 44.8. The number of ether oxygens (including phenoxy) is 9. The monoisotopic (exact) mass is 810 g/mol. The molecule has 322 valence electrons. The fourth-order valence-corrected chi connectivity index (χ4v) is 13.1. The smallest absolute Gasteiger partial charge is 0.341 e. The SMILES string of the molecule is CCOC[C@]1(C(C)OC(C)=O)[C@@H](OC(C)=O)[C@@H](OC(C)=O)[C@H]2[C@@](C)(CC[C@@H]3[C@]2(C)[C@H](OC(C)=O)[C@H](OC(C)=O)[C@@]2(C)[C@]4(C(=O)OC)OC4[C@@H](C)C[C@@]32O)[C@@H]1COC. The quantitative estimate of drug-likeness (QED) is 0.171. The van der Waals surface area contributed by atoms with E-state index in [0.29, 0.717) is 6.42 Å². The Morgan fingerprint density at radius 2 is 1.39 bits per heavy atom. The van der Waals surface area contributed by atoms with E-state index in [9.17, 15) is 33.9 Å². The first-order chi connectivity index (χ1) is 26.5. The summed E-state index contributed by atoms with van der Waals surface area (Å²) in [5.74, 6) is -7.27. The van der Waals surface area contributed by atoms with Gasteiger partial charge in [-0.2, -0.15) is 0 Å². The average Bonchev–Trinajstić information content (AvgIpc) is 3.87. The second kappa shape index (κ2) is 15.4. The van der Waals surface area contributed by atoms with Crippen molar-refractivity contribution in [1.82, 2.24) is 0 Å². The molecule has 0 spiro atoms. The standard InChI is InChI=1S/C41H62O16/c1-14-51-19-39(21(3)52-22(4)42)28(18-49-12)36(9)16-15-27-37(10,30(36)29(53-23(5)43)32(39)54-24(6)44)33(55-25(7)45)34(56-26(8)46)38(11)40(27,48)17-20(2)31-41(38,57-31)35(47)50-13/h20-21,27-34,48H,14-19H2,1-13H3/t20-,21?,27+,28-,29-,30-,31?,32-,33+,34-,36-,37-,38+,39+,40+,41-/m0/s1. The number of epoxide rings is 1. The van der Waals surface area contributed by atoms with Crippen LogP contribution in [0.15, 0.2) is 0 Å². The normalized spacial score (nSPS) is 44.6. The molecule has 0 amide bonds. The molecule has 5 fully saturated rings. The summed E-state index contributed by atoms with van der Waals surface area (Å²) >= 11 is 0. The van der Waals surface area contributed by atoms with Crippen LogP contribution in [0.5, 0.6) is 0 Å². The van der Waals surface area contributed by atoms with Gasteiger partial charge < -0.3 is 47.7 Å². The highest BCUT2D eigenvalue weighted by Crippen LogP contribution is 2.78. The van der Waals surface area contributed by atoms with Crippen LogP contribution in [0.4, 0.5) is 0 Å². The minimum atomic E-state index is -1.88. The fourth-order valence-electron chi connectivity index (χ4n) is 13.1. The van der Waals surface area contributed by atoms with Crippen molar-refractivity contribution < 1.29 is 76.5 Å². The molecular weight excluding hydrogens is 748 g/mol. The van der Waals surface area contributed by atoms with Gasteiger partial charge in [0.05, 0.1) is 36.8 Å². The highest BCUT2D eigenvalue weighted by molar-refractivity contribution is 5.86. The second-order valence-corrected chi connectivity index (χ2v) is 17.7. The zero-order chi connectivity index (χ0) is 42.8. The van der Waals surface area contributed by atoms with Crippen LogP contribution in [0, 0.1) is 45.3 Å². The Morgan fingerprint density at radius 1 is 0.825 bits per heavy atom. The van der Waals surface area contributed by atoms with Crippen LogP contribution in [0.1, 0.15) is 95.4 Å². The molecule has 1 N–H and O–H groups in total. The second-order valence-electron chi connectivity index (χ2n) is 17.7. The minimum absolute atomic E-state index is 0.0164. The van der Waals surface area contributed by atoms with Crippen LogP contribution < -0.4 is 0 Å². The topological polar surface area (TPSA) is 209 Å². The van der Waals surface area contributed by atoms with Crippen molar-refractivity contribution in [2.24, 2.45) is 45.3 Å². The van der Waals surface area contributed by atoms with Crippen molar-refractivity contribution in [3.8, 4) is 0 Å². The maximum atomic E-state index is 14.0. The summed E-state index contributed by atoms with van der Waals surface area (Å²) in [6, 6.07) is 0. The van der Waals surface area contributed by atoms with Gasteiger partial charge in [-0.3, -0.25) is 24.0 Å². The van der Waals surface area contributed by atoms with E-state index < -0.39 is 129 Å². The van der Waals surface area contributed by atoms with Gasteiger partial charge in [0.1, 0.15) is 24.4 Å². The Hall–Kier alpha value is -3.34. The molecule has 4 saturated carbocycles. The Morgan fingerprint density at radius 3 is 1.89 bits per heavy atom. The number of fused-ring (bicyclic) bond motifs is 7. The molecule has 16 nitrogen and oxygen atoms in total. The van der Waals surface area contributed by atoms with Crippen molar-refractivity contribution in [3.63, 3.8) is 0 Å². The number of hydrogen-bond donors (Lipinski definition) is 1. The largest absolute Gasteiger partial charge is 0.467 e. The molecule has 0 radical (unpaired) electrons. The summed E-state index contributed by atoms with van der Waals surface area (Å²) in [6.45, 7) is 17.0. The van der Waals surface area contributed by atoms with Gasteiger partial charge in [0.15, 0.2) is 12.2 Å². The fraction of sp³-hybridized carbons (Fsp3) is 0.854. The van der Waals surface area contributed by atoms with E-state index in [-0.39, 0.29) is 32.7 Å². The molecule has 1 saturated heterocycles. The van der Waals surface area contributed by atoms with Crippen LogP contribution in [0.2, 0.25) is 0 Å². The van der Waals surface area contributed by atoms with E-state index in [1.807, 2.05) is 20.8 Å². The van der Waals surface area contributed by atoms with Crippen LogP contribution in [-0.4, -0.2) is 123 Å². The van der Waals surface area contributed by atoms with Gasteiger partial charge in [-0.25, -0.2) is 4.79 Å². The molecule has 1 heterocycles. The van der Waals surface area contributed by atoms with Crippen molar-refractivity contribution in [3.05, 3.63) is 0 Å². The molecule has 1 aliphatic heterocycles. The van der Waals surface area contributed by atoms with Gasteiger partial charge in [-0.15, -0.1) is 0 Å². The summed E-state index contributed by atoms with van der Waals surface area (Å²) in [7, 11) is 2.73. The number of carbonyl (C=O) groups is 6. The number of methoxy groups -OCH3 is 2. The van der Waals surface area contributed by atoms with E-state index in [4.69, 9.17) is 42.6 Å². The molecule has 0 bridgehead atoms. The Balaban J connectivity index is 1.93. The van der Waals surface area contributed by atoms with Gasteiger partial charge >= 0.3 is 35.8 Å². The Kier molecular flexibility index (Phi) is 12.1. The lowest BCUT2D eigenvalue weighted by Crippen LogP contribution is -2.84. The van der Waals surface area contributed by atoms with Crippen molar-refractivity contribution >= 4 is 35.8 Å². The van der Waals surface area contributed by atoms with Crippen LogP contribution in [0.3, 0.4) is 0 Å². The number of carbonyl (C=O) groups excluding carboxylic acids is 6. The molecule has 57 heavy (non-hydrogen) atoms. The lowest BCUT2D eigenvalue weighted by atomic mass is 9.31. The summed E-state index contributed by atoms with van der Waals surface area (Å²) in [4.78, 5) is 80.2. The third-order valence-electron chi connectivity index (χ3n) is 14.9. The predicted octanol–water partition coefficient (Wildman–Crippen LogP) is 3.10. The van der Waals surface area contributed by atoms with Gasteiger partial charge in [0.25, 0.3) is 0 Å². The average molecular weight is 811 g/mol. The highest BCUT2D eigenvalue weighted by atomic mass is 16.7. The molecule has 5 rings (SSSR count). The van der Waals surface area contributed by atoms with E-state index in [1.54, 1.807) is 20.8 Å². The summed E-state index contributed by atoms with van der Waals surface area (Å²) < 4.78 is 55.0. The zero-order valence-corrected chi connectivity index (χ0v) is 35.6. The maximum Gasteiger partial charge on any atom is 0.341 e. The zero-order valence-electron chi connectivity index (χ0n) is 35.6. The molecule has 0 aromatic heterocycles. The van der Waals surface area contributed by atoms with E-state index in [0.717, 1.165) is 0 Å². The van der Waals surface area contributed by atoms with E-state index in [1.165, 1.54) is 48.8 Å². The van der Waals surface area contributed by atoms with E-state index >= 15 is 0 Å². The van der Waals surface area contributed by atoms with Gasteiger partial charge in [0, 0.05) is 65.6 Å². The summed E-state index contributed by atoms with van der Waals surface area (Å²) in [5, 5.41) is 13.7. The van der Waals surface area contributed by atoms with E-state index in [2.05, 4.69) is 0 Å². The Bertz CT molecular complexity index is 1630. The van der Waals surface area contributed by atoms with Crippen LogP contribution >= 0.6 is 0 Å². The number of esters is 6. The van der Waals surface area contributed by atoms with Gasteiger partial charge in [0.2, 0.25) is 5.60 Å². The molecule has 5 aliphatic rings. The number of rotatable bonds is 12. The van der Waals surface area contributed by atoms with Crippen molar-refractivity contribution in [2.75, 3.05) is 34.0 Å². The lowest BCUT2D eigenvalue weighted by molar-refractivity contribution is -0.366. The van der Waals surface area contributed by atoms with Gasteiger partial charge in [-0.05, 0) is 57.3 Å². The third kappa shape index (κ3) is 6.28. The minimum Gasteiger partial charge on any atom is -0.467 e. The first-order valence-corrected chi connectivity index (χ1v) is 19.9. The summed E-state index contributed by atoms with van der Waals surface area (Å²) in [6.07, 6.45) is -6.72. The molecule has 0 aromatic carbocycles. The van der Waals surface area contributed by atoms with Crippen molar-refractivity contribution in [1.29, 1.82) is 0 Å². The number of hydrogen-bond acceptors (Lipinski definition) is 16. The number of aliphatic hydroxyl groups is 1. The molecule has 4 aliphatic carbocycles. The molecule has 16 atom stereocenters. The third-order valence-corrected chi connectivity index (χ3v) is 14.9. The molecular formula is C41H62O16. The van der Waals surface area contributed by atoms with Gasteiger partial charge in [-0.1, -0.05) is 20.8 Å². The molecule has 16 heteroatoms. The summed E-state index contributed by atoms with van der Waals surface area (Å²) in [5.41, 5.74) is -9.34. The Labute approximate surface area is 334 Å². The molecule has 2 unspecified atom stereocenters. The van der Waals surface area contributed by atoms with Crippen molar-refractivity contribution in [2.45, 2.75) is 143 Å². The predicted molar refractivity (Wildman–Crippen MR) is 197 cm³/mol. The lowest BCUT2D eigenvalue weighted by Gasteiger charge is -2.75. The molecule has 0 aromatic rings. The first-order valence-electron chi connectivity index (χ1n) is 19.9. The van der Waals surface area contributed by atoms with Crippen LogP contribution in [-0.2, 0) is 71.4 Å². The van der Waals surface area contributed by atoms with Crippen LogP contribution in [0.25, 0.3) is 0 Å². The highest BCUT2D eigenvalue weighted by Gasteiger charge is 2.91. The maximum absolute atomic E-state index is 14.0.